The molecule has 0 radical (unpaired) electrons. The van der Waals surface area contributed by atoms with Gasteiger partial charge in [-0.15, -0.1) is 0 Å². The molecule has 56 valence electrons. The summed E-state index contributed by atoms with van der Waals surface area (Å²) in [6.07, 6.45) is 0. The van der Waals surface area contributed by atoms with Crippen LogP contribution in [0.25, 0.3) is 0 Å². The highest BCUT2D eigenvalue weighted by Gasteiger charge is 1.81. The summed E-state index contributed by atoms with van der Waals surface area (Å²) in [5, 5.41) is 14.8. The quantitative estimate of drug-likeness (QED) is 0.436. The van der Waals surface area contributed by atoms with Crippen molar-refractivity contribution in [2.24, 2.45) is 0 Å². The first-order chi connectivity index (χ1) is 4.27. The number of rotatable bonds is 2. The van der Waals surface area contributed by atoms with E-state index < -0.39 is 0 Å². The lowest BCUT2D eigenvalue weighted by Gasteiger charge is -1.96. The van der Waals surface area contributed by atoms with E-state index in [1.165, 1.54) is 6.92 Å². The first-order valence-electron chi connectivity index (χ1n) is 3.06. The van der Waals surface area contributed by atoms with Crippen molar-refractivity contribution in [2.75, 3.05) is 13.2 Å². The zero-order valence-electron chi connectivity index (χ0n) is 6.27. The van der Waals surface area contributed by atoms with Gasteiger partial charge in [-0.05, 0) is 0 Å². The second-order valence-electron chi connectivity index (χ2n) is 1.13. The van der Waals surface area contributed by atoms with Crippen molar-refractivity contribution in [3.63, 3.8) is 0 Å². The number of aliphatic hydroxyl groups excluding tert-OH is 1. The molecule has 0 saturated carbocycles. The van der Waals surface area contributed by atoms with E-state index in [2.05, 4.69) is 4.74 Å². The third-order valence-electron chi connectivity index (χ3n) is 0.410. The Morgan fingerprint density at radius 1 is 1.56 bits per heavy atom. The van der Waals surface area contributed by atoms with Crippen molar-refractivity contribution in [2.45, 2.75) is 20.8 Å². The van der Waals surface area contributed by atoms with Gasteiger partial charge in [-0.1, -0.05) is 13.8 Å². The van der Waals surface area contributed by atoms with Crippen molar-refractivity contribution in [3.8, 4) is 0 Å². The van der Waals surface area contributed by atoms with Gasteiger partial charge in [0.2, 0.25) is 0 Å². The maximum absolute atomic E-state index is 8.09. The predicted octanol–water partition coefficient (Wildman–Crippen LogP) is 1.02. The minimum atomic E-state index is -0.0176. The van der Waals surface area contributed by atoms with Crippen molar-refractivity contribution in [3.05, 3.63) is 0 Å². The van der Waals surface area contributed by atoms with Crippen LogP contribution in [0.1, 0.15) is 20.8 Å². The third-order valence-corrected chi connectivity index (χ3v) is 0.410. The second-order valence-corrected chi connectivity index (χ2v) is 1.13. The van der Waals surface area contributed by atoms with Gasteiger partial charge in [-0.3, -0.25) is 5.41 Å². The highest BCUT2D eigenvalue weighted by atomic mass is 16.5. The van der Waals surface area contributed by atoms with Crippen molar-refractivity contribution in [1.82, 2.24) is 0 Å². The summed E-state index contributed by atoms with van der Waals surface area (Å²) < 4.78 is 4.52. The smallest absolute Gasteiger partial charge is 0.177 e. The lowest BCUT2D eigenvalue weighted by molar-refractivity contribution is 0.191. The van der Waals surface area contributed by atoms with E-state index in [-0.39, 0.29) is 19.1 Å². The third kappa shape index (κ3) is 18.6. The maximum Gasteiger partial charge on any atom is 0.177 e. The minimum Gasteiger partial charge on any atom is -0.479 e. The molecule has 0 spiro atoms. The van der Waals surface area contributed by atoms with Gasteiger partial charge in [-0.25, -0.2) is 0 Å². The summed E-state index contributed by atoms with van der Waals surface area (Å²) in [6.45, 7) is 5.74. The molecule has 0 aromatic carbocycles. The van der Waals surface area contributed by atoms with Crippen molar-refractivity contribution < 1.29 is 9.84 Å². The van der Waals surface area contributed by atoms with Gasteiger partial charge in [0.25, 0.3) is 0 Å². The Balaban J connectivity index is 0. The molecule has 0 bridgehead atoms. The Morgan fingerprint density at radius 2 is 2.00 bits per heavy atom. The molecule has 0 atom stereocenters. The second kappa shape index (κ2) is 10.4. The van der Waals surface area contributed by atoms with E-state index in [1.54, 1.807) is 0 Å². The molecule has 2 N–H and O–H groups in total. The molecule has 0 unspecified atom stereocenters. The highest BCUT2D eigenvalue weighted by Crippen LogP contribution is 1.72. The normalized spacial score (nSPS) is 7.11. The van der Waals surface area contributed by atoms with Crippen LogP contribution < -0.4 is 0 Å². The summed E-state index contributed by atoms with van der Waals surface area (Å²) >= 11 is 0. The summed E-state index contributed by atoms with van der Waals surface area (Å²) in [6, 6.07) is 0. The van der Waals surface area contributed by atoms with Crippen LogP contribution >= 0.6 is 0 Å². The van der Waals surface area contributed by atoms with Gasteiger partial charge in [0, 0.05) is 6.92 Å². The lowest BCUT2D eigenvalue weighted by Crippen LogP contribution is -2.02. The van der Waals surface area contributed by atoms with Crippen LogP contribution in [0.4, 0.5) is 0 Å². The topological polar surface area (TPSA) is 53.3 Å². The number of nitrogens with one attached hydrogen (secondary N) is 1. The zero-order chi connectivity index (χ0) is 7.70. The maximum atomic E-state index is 8.09. The van der Waals surface area contributed by atoms with E-state index in [9.17, 15) is 0 Å². The summed E-state index contributed by atoms with van der Waals surface area (Å²) in [5.41, 5.74) is 0. The highest BCUT2D eigenvalue weighted by molar-refractivity contribution is 5.69. The molecule has 0 amide bonds. The zero-order valence-corrected chi connectivity index (χ0v) is 6.27. The summed E-state index contributed by atoms with van der Waals surface area (Å²) in [4.78, 5) is 0. The fraction of sp³-hybridized carbons (Fsp3) is 0.833. The minimum absolute atomic E-state index is 0.0176. The van der Waals surface area contributed by atoms with Crippen LogP contribution in [0, 0.1) is 5.41 Å². The fourth-order valence-corrected chi connectivity index (χ4v) is 0.199. The first kappa shape index (κ1) is 11.3. The fourth-order valence-electron chi connectivity index (χ4n) is 0.199. The van der Waals surface area contributed by atoms with E-state index >= 15 is 0 Å². The number of hydrogen-bond donors (Lipinski definition) is 2. The standard InChI is InChI=1S/C4H9NO2.C2H6/c1-4(5)7-3-2-6;1-2/h5-6H,2-3H2,1H3;1-2H3. The number of ether oxygens (including phenoxy) is 1. The Bertz CT molecular complexity index is 64.1. The van der Waals surface area contributed by atoms with Crippen molar-refractivity contribution in [1.29, 1.82) is 5.41 Å². The molecule has 0 aliphatic rings. The van der Waals surface area contributed by atoms with Gasteiger partial charge < -0.3 is 9.84 Å². The molecule has 0 aromatic rings. The summed E-state index contributed by atoms with van der Waals surface area (Å²) in [7, 11) is 0. The largest absolute Gasteiger partial charge is 0.479 e. The average molecular weight is 133 g/mol. The first-order valence-corrected chi connectivity index (χ1v) is 3.06. The molecule has 9 heavy (non-hydrogen) atoms. The number of aliphatic hydroxyl groups is 1. The Kier molecular flexibility index (Phi) is 13.0. The SMILES string of the molecule is CC.CC(=N)OCCO. The predicted molar refractivity (Wildman–Crippen MR) is 37.8 cm³/mol. The van der Waals surface area contributed by atoms with Gasteiger partial charge in [0.15, 0.2) is 5.90 Å². The van der Waals surface area contributed by atoms with Crippen LogP contribution in [0.3, 0.4) is 0 Å². The summed E-state index contributed by atoms with van der Waals surface area (Å²) in [5.74, 6) is 0.147. The molecule has 0 fully saturated rings. The van der Waals surface area contributed by atoms with Crippen LogP contribution in [-0.2, 0) is 4.74 Å². The molecular formula is C6H15NO2. The lowest BCUT2D eigenvalue weighted by atomic mass is 10.7. The molecular weight excluding hydrogens is 118 g/mol. The molecule has 0 rings (SSSR count). The van der Waals surface area contributed by atoms with Gasteiger partial charge in [0.05, 0.1) is 6.61 Å². The van der Waals surface area contributed by atoms with Gasteiger partial charge in [-0.2, -0.15) is 0 Å². The van der Waals surface area contributed by atoms with E-state index in [1.807, 2.05) is 13.8 Å². The average Bonchev–Trinajstić information content (AvgIpc) is 1.88. The van der Waals surface area contributed by atoms with Crippen LogP contribution in [0.15, 0.2) is 0 Å². The Labute approximate surface area is 56.2 Å². The Hall–Kier alpha value is -0.570. The number of hydrogen-bond acceptors (Lipinski definition) is 3. The van der Waals surface area contributed by atoms with E-state index in [0.29, 0.717) is 0 Å². The van der Waals surface area contributed by atoms with Crippen molar-refractivity contribution >= 4 is 5.90 Å². The van der Waals surface area contributed by atoms with E-state index in [4.69, 9.17) is 10.5 Å². The molecule has 3 heteroatoms. The van der Waals surface area contributed by atoms with Crippen LogP contribution in [0.5, 0.6) is 0 Å². The monoisotopic (exact) mass is 133 g/mol. The van der Waals surface area contributed by atoms with Crippen LogP contribution in [0.2, 0.25) is 0 Å². The molecule has 3 nitrogen and oxygen atoms in total. The van der Waals surface area contributed by atoms with Gasteiger partial charge in [0.1, 0.15) is 6.61 Å². The molecule has 0 heterocycles. The molecule has 0 aromatic heterocycles. The van der Waals surface area contributed by atoms with Gasteiger partial charge >= 0.3 is 0 Å². The van der Waals surface area contributed by atoms with E-state index in [0.717, 1.165) is 0 Å². The molecule has 0 aliphatic heterocycles. The Morgan fingerprint density at radius 3 is 2.11 bits per heavy atom. The molecule has 0 aliphatic carbocycles. The van der Waals surface area contributed by atoms with Crippen LogP contribution in [-0.4, -0.2) is 24.2 Å². The molecule has 0 saturated heterocycles.